The number of carbonyl (C=O) groups is 1. The van der Waals surface area contributed by atoms with E-state index >= 15 is 0 Å². The highest BCUT2D eigenvalue weighted by Crippen LogP contribution is 2.21. The molecule has 0 aliphatic heterocycles. The van der Waals surface area contributed by atoms with Crippen LogP contribution in [0.5, 0.6) is 0 Å². The molecule has 1 N–H and O–H groups in total. The number of benzene rings is 1. The Morgan fingerprint density at radius 3 is 2.50 bits per heavy atom. The molecule has 3 aromatic rings. The summed E-state index contributed by atoms with van der Waals surface area (Å²) >= 11 is 0. The molecule has 0 saturated heterocycles. The molecule has 0 atom stereocenters. The Kier molecular flexibility index (Phi) is 4.20. The van der Waals surface area contributed by atoms with Crippen LogP contribution in [0.1, 0.15) is 32.9 Å². The second-order valence-electron chi connectivity index (χ2n) is 6.05. The fourth-order valence-corrected chi connectivity index (χ4v) is 2.62. The van der Waals surface area contributed by atoms with E-state index in [1.807, 2.05) is 18.5 Å². The van der Waals surface area contributed by atoms with E-state index in [0.29, 0.717) is 12.1 Å². The number of nitrogens with zero attached hydrogens (tertiary/aromatic N) is 4. The molecule has 2 heterocycles. The van der Waals surface area contributed by atoms with Gasteiger partial charge in [0.05, 0.1) is 35.4 Å². The van der Waals surface area contributed by atoms with Gasteiger partial charge in [0, 0.05) is 13.2 Å². The predicted octanol–water partition coefficient (Wildman–Crippen LogP) is 2.84. The molecule has 6 heteroatoms. The first-order valence-corrected chi connectivity index (χ1v) is 7.83. The Bertz CT molecular complexity index is 873. The first kappa shape index (κ1) is 16.0. The summed E-state index contributed by atoms with van der Waals surface area (Å²) < 4.78 is 3.52. The summed E-state index contributed by atoms with van der Waals surface area (Å²) in [5, 5.41) is 11.5. The minimum Gasteiger partial charge on any atom is -0.319 e. The van der Waals surface area contributed by atoms with Gasteiger partial charge in [0.25, 0.3) is 5.91 Å². The van der Waals surface area contributed by atoms with Crippen molar-refractivity contribution >= 4 is 11.6 Å². The minimum absolute atomic E-state index is 0.177. The van der Waals surface area contributed by atoms with E-state index in [-0.39, 0.29) is 5.91 Å². The molecule has 0 aliphatic carbocycles. The van der Waals surface area contributed by atoms with E-state index in [2.05, 4.69) is 46.7 Å². The molecule has 24 heavy (non-hydrogen) atoms. The van der Waals surface area contributed by atoms with E-state index in [0.717, 1.165) is 17.1 Å². The number of aryl methyl sites for hydroxylation is 3. The summed E-state index contributed by atoms with van der Waals surface area (Å²) in [5.74, 6) is -0.177. The van der Waals surface area contributed by atoms with Crippen molar-refractivity contribution in [3.63, 3.8) is 0 Å². The van der Waals surface area contributed by atoms with E-state index < -0.39 is 0 Å². The van der Waals surface area contributed by atoms with Gasteiger partial charge in [0.2, 0.25) is 0 Å². The highest BCUT2D eigenvalue weighted by molar-refractivity contribution is 6.04. The molecule has 0 radical (unpaired) electrons. The van der Waals surface area contributed by atoms with Crippen LogP contribution in [0.3, 0.4) is 0 Å². The van der Waals surface area contributed by atoms with Gasteiger partial charge in [-0.1, -0.05) is 29.8 Å². The topological polar surface area (TPSA) is 64.7 Å². The molecule has 1 aromatic carbocycles. The van der Waals surface area contributed by atoms with Crippen molar-refractivity contribution in [3.8, 4) is 0 Å². The smallest absolute Gasteiger partial charge is 0.258 e. The van der Waals surface area contributed by atoms with Crippen LogP contribution in [0.15, 0.2) is 36.7 Å². The predicted molar refractivity (Wildman–Crippen MR) is 93.1 cm³/mol. The number of aromatic nitrogens is 4. The maximum absolute atomic E-state index is 12.3. The lowest BCUT2D eigenvalue weighted by Crippen LogP contribution is -2.12. The molecule has 0 fully saturated rings. The minimum atomic E-state index is -0.177. The molecule has 3 rings (SSSR count). The molecule has 6 nitrogen and oxygen atoms in total. The number of hydrogen-bond donors (Lipinski definition) is 1. The molecule has 2 aromatic heterocycles. The monoisotopic (exact) mass is 323 g/mol. The average molecular weight is 323 g/mol. The quantitative estimate of drug-likeness (QED) is 0.803. The molecule has 0 aliphatic rings. The maximum Gasteiger partial charge on any atom is 0.258 e. The number of nitrogens with one attached hydrogen (secondary N) is 1. The van der Waals surface area contributed by atoms with E-state index in [1.165, 1.54) is 11.1 Å². The Balaban J connectivity index is 1.81. The van der Waals surface area contributed by atoms with Crippen molar-refractivity contribution in [2.75, 3.05) is 5.32 Å². The lowest BCUT2D eigenvalue weighted by atomic mass is 10.1. The molecular formula is C18H21N5O. The van der Waals surface area contributed by atoms with Crippen LogP contribution in [-0.2, 0) is 13.6 Å². The summed E-state index contributed by atoms with van der Waals surface area (Å²) in [6.07, 6.45) is 3.24. The summed E-state index contributed by atoms with van der Waals surface area (Å²) in [7, 11) is 1.78. The third-order valence-electron chi connectivity index (χ3n) is 4.04. The summed E-state index contributed by atoms with van der Waals surface area (Å²) in [5.41, 5.74) is 5.44. The fraction of sp³-hybridized carbons (Fsp3) is 0.278. The van der Waals surface area contributed by atoms with Crippen LogP contribution in [0.25, 0.3) is 0 Å². The first-order valence-electron chi connectivity index (χ1n) is 7.83. The molecule has 0 spiro atoms. The van der Waals surface area contributed by atoms with E-state index in [1.54, 1.807) is 24.1 Å². The standard InChI is InChI=1S/C18H21N5O/c1-12-5-7-15(8-6-12)10-23-14(3)17(13(2)21-23)20-18(24)16-9-19-22(4)11-16/h5-9,11H,10H2,1-4H3,(H,20,24). The normalized spacial score (nSPS) is 10.8. The Morgan fingerprint density at radius 1 is 1.17 bits per heavy atom. The van der Waals surface area contributed by atoms with Gasteiger partial charge >= 0.3 is 0 Å². The number of carbonyl (C=O) groups excluding carboxylic acids is 1. The average Bonchev–Trinajstić information content (AvgIpc) is 3.09. The third kappa shape index (κ3) is 3.22. The highest BCUT2D eigenvalue weighted by Gasteiger charge is 2.16. The first-order chi connectivity index (χ1) is 11.4. The molecule has 0 unspecified atom stereocenters. The van der Waals surface area contributed by atoms with Gasteiger partial charge in [-0.3, -0.25) is 14.2 Å². The van der Waals surface area contributed by atoms with Crippen molar-refractivity contribution in [1.29, 1.82) is 0 Å². The molecule has 0 bridgehead atoms. The largest absolute Gasteiger partial charge is 0.319 e. The third-order valence-corrected chi connectivity index (χ3v) is 4.04. The number of amides is 1. The Labute approximate surface area is 141 Å². The Morgan fingerprint density at radius 2 is 1.88 bits per heavy atom. The molecule has 0 saturated carbocycles. The van der Waals surface area contributed by atoms with Gasteiger partial charge < -0.3 is 5.32 Å². The van der Waals surface area contributed by atoms with Crippen LogP contribution in [-0.4, -0.2) is 25.5 Å². The Hall–Kier alpha value is -2.89. The molecule has 1 amide bonds. The van der Waals surface area contributed by atoms with Gasteiger partial charge in [0.15, 0.2) is 0 Å². The SMILES string of the molecule is Cc1ccc(Cn2nc(C)c(NC(=O)c3cnn(C)c3)c2C)cc1. The lowest BCUT2D eigenvalue weighted by molar-refractivity contribution is 0.102. The zero-order chi connectivity index (χ0) is 17.3. The van der Waals surface area contributed by atoms with Crippen LogP contribution >= 0.6 is 0 Å². The number of anilines is 1. The van der Waals surface area contributed by atoms with Gasteiger partial charge in [0.1, 0.15) is 0 Å². The van der Waals surface area contributed by atoms with Gasteiger partial charge in [-0.15, -0.1) is 0 Å². The summed E-state index contributed by atoms with van der Waals surface area (Å²) in [4.78, 5) is 12.3. The zero-order valence-electron chi connectivity index (χ0n) is 14.4. The van der Waals surface area contributed by atoms with Crippen LogP contribution in [0.4, 0.5) is 5.69 Å². The molecular weight excluding hydrogens is 302 g/mol. The molecule has 124 valence electrons. The van der Waals surface area contributed by atoms with Gasteiger partial charge in [-0.05, 0) is 26.3 Å². The lowest BCUT2D eigenvalue weighted by Gasteiger charge is -2.07. The number of rotatable bonds is 4. The van der Waals surface area contributed by atoms with Gasteiger partial charge in [-0.25, -0.2) is 0 Å². The fourth-order valence-electron chi connectivity index (χ4n) is 2.62. The van der Waals surface area contributed by atoms with Crippen molar-refractivity contribution in [1.82, 2.24) is 19.6 Å². The zero-order valence-corrected chi connectivity index (χ0v) is 14.4. The van der Waals surface area contributed by atoms with Crippen LogP contribution < -0.4 is 5.32 Å². The van der Waals surface area contributed by atoms with Crippen molar-refractivity contribution in [3.05, 3.63) is 64.7 Å². The van der Waals surface area contributed by atoms with Crippen LogP contribution in [0.2, 0.25) is 0 Å². The highest BCUT2D eigenvalue weighted by atomic mass is 16.1. The second kappa shape index (κ2) is 6.31. The number of hydrogen-bond acceptors (Lipinski definition) is 3. The van der Waals surface area contributed by atoms with Crippen LogP contribution in [0, 0.1) is 20.8 Å². The van der Waals surface area contributed by atoms with Gasteiger partial charge in [-0.2, -0.15) is 10.2 Å². The second-order valence-corrected chi connectivity index (χ2v) is 6.05. The summed E-state index contributed by atoms with van der Waals surface area (Å²) in [6.45, 7) is 6.61. The van der Waals surface area contributed by atoms with Crippen molar-refractivity contribution in [2.24, 2.45) is 7.05 Å². The maximum atomic E-state index is 12.3. The van der Waals surface area contributed by atoms with E-state index in [9.17, 15) is 4.79 Å². The summed E-state index contributed by atoms with van der Waals surface area (Å²) in [6, 6.07) is 8.37. The van der Waals surface area contributed by atoms with Crippen molar-refractivity contribution in [2.45, 2.75) is 27.3 Å². The van der Waals surface area contributed by atoms with Crippen molar-refractivity contribution < 1.29 is 4.79 Å². The van der Waals surface area contributed by atoms with E-state index in [4.69, 9.17) is 0 Å².